The second-order valence-corrected chi connectivity index (χ2v) is 4.43. The van der Waals surface area contributed by atoms with Crippen molar-refractivity contribution in [2.24, 2.45) is 0 Å². The molecule has 0 aliphatic heterocycles. The highest BCUT2D eigenvalue weighted by molar-refractivity contribution is 5.34. The normalized spacial score (nSPS) is 19.3. The van der Waals surface area contributed by atoms with Gasteiger partial charge in [0.05, 0.1) is 0 Å². The fraction of sp³-hybridized carbons (Fsp3) is 0.538. The molecule has 0 aromatic heterocycles. The van der Waals surface area contributed by atoms with Crippen molar-refractivity contribution in [3.63, 3.8) is 0 Å². The van der Waals surface area contributed by atoms with Gasteiger partial charge in [-0.25, -0.2) is 0 Å². The molecule has 2 N–H and O–H groups in total. The lowest BCUT2D eigenvalue weighted by molar-refractivity contribution is 0.427. The molecule has 0 saturated heterocycles. The molecule has 0 amide bonds. The van der Waals surface area contributed by atoms with Gasteiger partial charge < -0.3 is 10.4 Å². The number of phenols is 1. The predicted octanol–water partition coefficient (Wildman–Crippen LogP) is 2.99. The van der Waals surface area contributed by atoms with Crippen LogP contribution in [0.1, 0.15) is 44.2 Å². The lowest BCUT2D eigenvalue weighted by Gasteiger charge is -2.20. The molecule has 1 unspecified atom stereocenters. The first-order valence-electron chi connectivity index (χ1n) is 5.81. The molecule has 1 atom stereocenters. The molecule has 15 heavy (non-hydrogen) atoms. The van der Waals surface area contributed by atoms with Gasteiger partial charge >= 0.3 is 0 Å². The summed E-state index contributed by atoms with van der Waals surface area (Å²) in [7, 11) is 0. The van der Waals surface area contributed by atoms with Crippen molar-refractivity contribution in [1.82, 2.24) is 5.32 Å². The maximum absolute atomic E-state index is 9.71. The van der Waals surface area contributed by atoms with Crippen LogP contribution in [-0.2, 0) is 0 Å². The second-order valence-electron chi connectivity index (χ2n) is 4.43. The van der Waals surface area contributed by atoms with Crippen LogP contribution in [0, 0.1) is 0 Å². The first kappa shape index (κ1) is 10.5. The van der Waals surface area contributed by atoms with Crippen LogP contribution in [-0.4, -0.2) is 11.1 Å². The van der Waals surface area contributed by atoms with Crippen LogP contribution in [0.2, 0.25) is 0 Å². The maximum Gasteiger partial charge on any atom is 0.120 e. The number of nitrogens with one attached hydrogen (secondary N) is 1. The van der Waals surface area contributed by atoms with Crippen molar-refractivity contribution >= 4 is 0 Å². The monoisotopic (exact) mass is 205 g/mol. The molecule has 2 nitrogen and oxygen atoms in total. The van der Waals surface area contributed by atoms with Gasteiger partial charge in [-0.05, 0) is 25.8 Å². The van der Waals surface area contributed by atoms with E-state index in [0.717, 1.165) is 5.56 Å². The molecule has 0 radical (unpaired) electrons. The van der Waals surface area contributed by atoms with Crippen LogP contribution in [0.3, 0.4) is 0 Å². The Hall–Kier alpha value is -1.02. The van der Waals surface area contributed by atoms with Gasteiger partial charge in [-0.2, -0.15) is 0 Å². The van der Waals surface area contributed by atoms with E-state index in [1.54, 1.807) is 6.07 Å². The number of para-hydroxylation sites is 1. The van der Waals surface area contributed by atoms with Crippen molar-refractivity contribution in [2.45, 2.75) is 44.7 Å². The van der Waals surface area contributed by atoms with Crippen LogP contribution >= 0.6 is 0 Å². The van der Waals surface area contributed by atoms with Gasteiger partial charge in [0.25, 0.3) is 0 Å². The van der Waals surface area contributed by atoms with E-state index >= 15 is 0 Å². The summed E-state index contributed by atoms with van der Waals surface area (Å²) in [6, 6.07) is 8.46. The Kier molecular flexibility index (Phi) is 3.27. The number of aromatic hydroxyl groups is 1. The van der Waals surface area contributed by atoms with Gasteiger partial charge in [0.15, 0.2) is 0 Å². The highest BCUT2D eigenvalue weighted by atomic mass is 16.3. The Morgan fingerprint density at radius 3 is 2.60 bits per heavy atom. The molecule has 2 rings (SSSR count). The molecule has 1 aliphatic carbocycles. The third-order valence-electron chi connectivity index (χ3n) is 3.24. The average molecular weight is 205 g/mol. The van der Waals surface area contributed by atoms with Crippen LogP contribution in [0.15, 0.2) is 24.3 Å². The van der Waals surface area contributed by atoms with E-state index in [2.05, 4.69) is 12.2 Å². The van der Waals surface area contributed by atoms with Crippen molar-refractivity contribution in [1.29, 1.82) is 0 Å². The molecular weight excluding hydrogens is 186 g/mol. The third-order valence-corrected chi connectivity index (χ3v) is 3.24. The quantitative estimate of drug-likeness (QED) is 0.795. The number of benzene rings is 1. The van der Waals surface area contributed by atoms with Crippen LogP contribution in [0.5, 0.6) is 5.75 Å². The zero-order valence-electron chi connectivity index (χ0n) is 9.24. The van der Waals surface area contributed by atoms with E-state index in [9.17, 15) is 5.11 Å². The third kappa shape index (κ3) is 2.51. The van der Waals surface area contributed by atoms with Crippen molar-refractivity contribution < 1.29 is 5.11 Å². The zero-order chi connectivity index (χ0) is 10.7. The summed E-state index contributed by atoms with van der Waals surface area (Å²) in [4.78, 5) is 0. The largest absolute Gasteiger partial charge is 0.508 e. The number of rotatable bonds is 3. The van der Waals surface area contributed by atoms with E-state index in [4.69, 9.17) is 0 Å². The summed E-state index contributed by atoms with van der Waals surface area (Å²) in [5.41, 5.74) is 1.00. The van der Waals surface area contributed by atoms with Crippen LogP contribution in [0.25, 0.3) is 0 Å². The fourth-order valence-corrected chi connectivity index (χ4v) is 2.39. The van der Waals surface area contributed by atoms with Crippen molar-refractivity contribution in [3.8, 4) is 5.75 Å². The van der Waals surface area contributed by atoms with Gasteiger partial charge in [0.2, 0.25) is 0 Å². The Labute approximate surface area is 91.3 Å². The lowest BCUT2D eigenvalue weighted by Crippen LogP contribution is -2.28. The molecule has 1 aromatic carbocycles. The molecule has 0 heterocycles. The average Bonchev–Trinajstić information content (AvgIpc) is 2.71. The molecule has 1 aliphatic rings. The molecule has 1 fully saturated rings. The molecule has 1 saturated carbocycles. The topological polar surface area (TPSA) is 32.3 Å². The van der Waals surface area contributed by atoms with Gasteiger partial charge in [-0.1, -0.05) is 31.0 Å². The Morgan fingerprint density at radius 2 is 1.93 bits per heavy atom. The summed E-state index contributed by atoms with van der Waals surface area (Å²) >= 11 is 0. The number of hydrogen-bond donors (Lipinski definition) is 2. The predicted molar refractivity (Wildman–Crippen MR) is 61.9 cm³/mol. The molecule has 1 aromatic rings. The van der Waals surface area contributed by atoms with E-state index in [1.807, 2.05) is 18.2 Å². The Balaban J connectivity index is 2.00. The fourth-order valence-electron chi connectivity index (χ4n) is 2.39. The van der Waals surface area contributed by atoms with Gasteiger partial charge in [-0.3, -0.25) is 0 Å². The summed E-state index contributed by atoms with van der Waals surface area (Å²) in [6.07, 6.45) is 5.23. The maximum atomic E-state index is 9.71. The van der Waals surface area contributed by atoms with Gasteiger partial charge in [0, 0.05) is 17.6 Å². The summed E-state index contributed by atoms with van der Waals surface area (Å²) in [5, 5.41) is 13.3. The highest BCUT2D eigenvalue weighted by Crippen LogP contribution is 2.26. The lowest BCUT2D eigenvalue weighted by atomic mass is 10.1. The van der Waals surface area contributed by atoms with Crippen LogP contribution < -0.4 is 5.32 Å². The van der Waals surface area contributed by atoms with Gasteiger partial charge in [-0.15, -0.1) is 0 Å². The van der Waals surface area contributed by atoms with E-state index < -0.39 is 0 Å². The molecular formula is C13H19NO. The SMILES string of the molecule is CC(NC1CCCC1)c1ccccc1O. The van der Waals surface area contributed by atoms with E-state index in [1.165, 1.54) is 25.7 Å². The summed E-state index contributed by atoms with van der Waals surface area (Å²) < 4.78 is 0. The zero-order valence-corrected chi connectivity index (χ0v) is 9.24. The Bertz CT molecular complexity index is 318. The van der Waals surface area contributed by atoms with Crippen molar-refractivity contribution in [2.75, 3.05) is 0 Å². The Morgan fingerprint density at radius 1 is 1.27 bits per heavy atom. The minimum atomic E-state index is 0.245. The van der Waals surface area contributed by atoms with Gasteiger partial charge in [0.1, 0.15) is 5.75 Å². The van der Waals surface area contributed by atoms with Crippen molar-refractivity contribution in [3.05, 3.63) is 29.8 Å². The highest BCUT2D eigenvalue weighted by Gasteiger charge is 2.18. The molecule has 2 heteroatoms. The summed E-state index contributed by atoms with van der Waals surface area (Å²) in [5.74, 6) is 0.399. The molecule has 82 valence electrons. The first-order valence-corrected chi connectivity index (χ1v) is 5.81. The minimum Gasteiger partial charge on any atom is -0.508 e. The van der Waals surface area contributed by atoms with Crippen LogP contribution in [0.4, 0.5) is 0 Å². The summed E-state index contributed by atoms with van der Waals surface area (Å²) in [6.45, 7) is 2.12. The van der Waals surface area contributed by atoms with E-state index in [0.29, 0.717) is 11.8 Å². The standard InChI is InChI=1S/C13H19NO/c1-10(14-11-6-2-3-7-11)12-8-4-5-9-13(12)15/h4-5,8-11,14-15H,2-3,6-7H2,1H3. The minimum absolute atomic E-state index is 0.245. The molecule has 0 spiro atoms. The smallest absolute Gasteiger partial charge is 0.120 e. The second kappa shape index (κ2) is 4.67. The number of phenolic OH excluding ortho intramolecular Hbond substituents is 1. The molecule has 0 bridgehead atoms. The first-order chi connectivity index (χ1) is 7.27. The number of hydrogen-bond acceptors (Lipinski definition) is 2. The van der Waals surface area contributed by atoms with E-state index in [-0.39, 0.29) is 6.04 Å².